The van der Waals surface area contributed by atoms with Crippen LogP contribution in [0.1, 0.15) is 29.1 Å². The van der Waals surface area contributed by atoms with Crippen LogP contribution in [0.25, 0.3) is 0 Å². The Kier molecular flexibility index (Phi) is 2.63. The lowest BCUT2D eigenvalue weighted by Gasteiger charge is -1.91. The van der Waals surface area contributed by atoms with Gasteiger partial charge in [-0.15, -0.1) is 5.10 Å². The molecule has 0 radical (unpaired) electrons. The van der Waals surface area contributed by atoms with Gasteiger partial charge in [-0.25, -0.2) is 9.48 Å². The van der Waals surface area contributed by atoms with Crippen molar-refractivity contribution in [3.63, 3.8) is 0 Å². The van der Waals surface area contributed by atoms with Crippen molar-refractivity contribution in [2.45, 2.75) is 19.9 Å². The molecule has 2 aromatic heterocycles. The van der Waals surface area contributed by atoms with Gasteiger partial charge in [0.25, 0.3) is 0 Å². The molecule has 0 fully saturated rings. The van der Waals surface area contributed by atoms with Crippen molar-refractivity contribution in [1.82, 2.24) is 25.1 Å². The summed E-state index contributed by atoms with van der Waals surface area (Å²) in [6.45, 7) is 2.12. The highest BCUT2D eigenvalue weighted by atomic mass is 16.5. The zero-order valence-corrected chi connectivity index (χ0v) is 8.49. The Morgan fingerprint density at radius 1 is 1.62 bits per heavy atom. The molecule has 0 aliphatic rings. The quantitative estimate of drug-likeness (QED) is 0.775. The Hall–Kier alpha value is -2.25. The van der Waals surface area contributed by atoms with Crippen LogP contribution >= 0.6 is 0 Å². The number of aryl methyl sites for hydroxylation is 1. The van der Waals surface area contributed by atoms with Gasteiger partial charge in [0.15, 0.2) is 11.5 Å². The molecule has 2 aromatic rings. The molecule has 0 saturated carbocycles. The molecule has 1 N–H and O–H groups in total. The van der Waals surface area contributed by atoms with Crippen molar-refractivity contribution >= 4 is 5.97 Å². The van der Waals surface area contributed by atoms with Crippen molar-refractivity contribution in [3.05, 3.63) is 23.6 Å². The lowest BCUT2D eigenvalue weighted by Crippen LogP contribution is -2.01. The number of nitrogens with zero attached hydrogens (tertiary/aromatic N) is 5. The van der Waals surface area contributed by atoms with E-state index in [1.165, 1.54) is 10.9 Å². The van der Waals surface area contributed by atoms with Gasteiger partial charge in [0.05, 0.1) is 6.20 Å². The SMILES string of the molecule is CCc1noc(Cn2cc(C(=O)O)nn2)n1. The van der Waals surface area contributed by atoms with Crippen LogP contribution in [0.3, 0.4) is 0 Å². The molecule has 0 amide bonds. The second-order valence-electron chi connectivity index (χ2n) is 3.06. The van der Waals surface area contributed by atoms with Crippen LogP contribution in [0.2, 0.25) is 0 Å². The van der Waals surface area contributed by atoms with Gasteiger partial charge in [-0.1, -0.05) is 17.3 Å². The maximum atomic E-state index is 10.5. The van der Waals surface area contributed by atoms with E-state index in [4.69, 9.17) is 9.63 Å². The van der Waals surface area contributed by atoms with Gasteiger partial charge in [-0.3, -0.25) is 0 Å². The molecule has 0 spiro atoms. The minimum absolute atomic E-state index is 0.116. The average Bonchev–Trinajstić information content (AvgIpc) is 2.87. The summed E-state index contributed by atoms with van der Waals surface area (Å²) in [5.74, 6) is -0.140. The number of rotatable bonds is 4. The first-order valence-corrected chi connectivity index (χ1v) is 4.64. The van der Waals surface area contributed by atoms with Gasteiger partial charge >= 0.3 is 5.97 Å². The first-order valence-electron chi connectivity index (χ1n) is 4.64. The van der Waals surface area contributed by atoms with E-state index in [0.29, 0.717) is 18.1 Å². The number of carboxylic acids is 1. The molecule has 8 heteroatoms. The fourth-order valence-corrected chi connectivity index (χ4v) is 1.11. The number of carbonyl (C=O) groups is 1. The summed E-state index contributed by atoms with van der Waals surface area (Å²) in [4.78, 5) is 14.6. The smallest absolute Gasteiger partial charge is 0.358 e. The van der Waals surface area contributed by atoms with Crippen LogP contribution < -0.4 is 0 Å². The summed E-state index contributed by atoms with van der Waals surface area (Å²) < 4.78 is 6.26. The molecule has 2 heterocycles. The minimum Gasteiger partial charge on any atom is -0.476 e. The minimum atomic E-state index is -1.12. The standard InChI is InChI=1S/C8H9N5O3/c1-2-6-9-7(16-11-6)4-13-3-5(8(14)15)10-12-13/h3H,2,4H2,1H3,(H,14,15). The Labute approximate surface area is 89.9 Å². The van der Waals surface area contributed by atoms with Gasteiger partial charge in [0.1, 0.15) is 6.54 Å². The van der Waals surface area contributed by atoms with Crippen LogP contribution in [0.15, 0.2) is 10.7 Å². The summed E-state index contributed by atoms with van der Waals surface area (Å²) in [5, 5.41) is 19.4. The Bertz CT molecular complexity index is 503. The molecule has 0 unspecified atom stereocenters. The first kappa shape index (κ1) is 10.3. The summed E-state index contributed by atoms with van der Waals surface area (Å²) in [6.07, 6.45) is 1.99. The van der Waals surface area contributed by atoms with Gasteiger partial charge in [0.2, 0.25) is 5.89 Å². The Morgan fingerprint density at radius 3 is 3.00 bits per heavy atom. The molecule has 8 nitrogen and oxygen atoms in total. The first-order chi connectivity index (χ1) is 7.69. The third-order valence-electron chi connectivity index (χ3n) is 1.88. The maximum Gasteiger partial charge on any atom is 0.358 e. The van der Waals surface area contributed by atoms with E-state index in [-0.39, 0.29) is 12.2 Å². The molecule has 0 saturated heterocycles. The highest BCUT2D eigenvalue weighted by Gasteiger charge is 2.10. The number of aromatic nitrogens is 5. The van der Waals surface area contributed by atoms with Crippen molar-refractivity contribution in [1.29, 1.82) is 0 Å². The third-order valence-corrected chi connectivity index (χ3v) is 1.88. The van der Waals surface area contributed by atoms with Gasteiger partial charge in [-0.05, 0) is 0 Å². The van der Waals surface area contributed by atoms with Crippen LogP contribution in [0.4, 0.5) is 0 Å². The zero-order valence-electron chi connectivity index (χ0n) is 8.49. The molecule has 2 rings (SSSR count). The van der Waals surface area contributed by atoms with Crippen molar-refractivity contribution in [3.8, 4) is 0 Å². The lowest BCUT2D eigenvalue weighted by molar-refractivity contribution is 0.0690. The zero-order chi connectivity index (χ0) is 11.5. The molecule has 0 aliphatic carbocycles. The van der Waals surface area contributed by atoms with E-state index in [1.54, 1.807) is 0 Å². The summed E-state index contributed by atoms with van der Waals surface area (Å²) in [6, 6.07) is 0. The van der Waals surface area contributed by atoms with Crippen LogP contribution in [-0.4, -0.2) is 36.2 Å². The molecule has 16 heavy (non-hydrogen) atoms. The predicted octanol–water partition coefficient (Wildman–Crippen LogP) is -0.0300. The van der Waals surface area contributed by atoms with E-state index in [2.05, 4.69) is 20.5 Å². The summed E-state index contributed by atoms with van der Waals surface area (Å²) in [7, 11) is 0. The van der Waals surface area contributed by atoms with Gasteiger partial charge < -0.3 is 9.63 Å². The van der Waals surface area contributed by atoms with E-state index in [1.807, 2.05) is 6.92 Å². The number of carboxylic acid groups (broad SMARTS) is 1. The molecule has 0 atom stereocenters. The molecular formula is C8H9N5O3. The van der Waals surface area contributed by atoms with Crippen LogP contribution in [-0.2, 0) is 13.0 Å². The maximum absolute atomic E-state index is 10.5. The molecule has 0 bridgehead atoms. The highest BCUT2D eigenvalue weighted by Crippen LogP contribution is 2.01. The van der Waals surface area contributed by atoms with Crippen LogP contribution in [0.5, 0.6) is 0 Å². The van der Waals surface area contributed by atoms with E-state index in [9.17, 15) is 4.79 Å². The summed E-state index contributed by atoms with van der Waals surface area (Å²) >= 11 is 0. The predicted molar refractivity (Wildman–Crippen MR) is 49.8 cm³/mol. The normalized spacial score (nSPS) is 10.6. The van der Waals surface area contributed by atoms with Crippen molar-refractivity contribution in [2.75, 3.05) is 0 Å². The number of aromatic carboxylic acids is 1. The average molecular weight is 223 g/mol. The van der Waals surface area contributed by atoms with E-state index < -0.39 is 5.97 Å². The molecule has 84 valence electrons. The summed E-state index contributed by atoms with van der Waals surface area (Å²) in [5.41, 5.74) is -0.116. The lowest BCUT2D eigenvalue weighted by atomic mass is 10.5. The van der Waals surface area contributed by atoms with E-state index >= 15 is 0 Å². The molecule has 0 aromatic carbocycles. The fourth-order valence-electron chi connectivity index (χ4n) is 1.11. The topological polar surface area (TPSA) is 107 Å². The molecule has 0 aliphatic heterocycles. The highest BCUT2D eigenvalue weighted by molar-refractivity contribution is 5.84. The van der Waals surface area contributed by atoms with Gasteiger partial charge in [-0.2, -0.15) is 4.98 Å². The van der Waals surface area contributed by atoms with Gasteiger partial charge in [0, 0.05) is 6.42 Å². The molecular weight excluding hydrogens is 214 g/mol. The second-order valence-corrected chi connectivity index (χ2v) is 3.06. The van der Waals surface area contributed by atoms with Crippen molar-refractivity contribution < 1.29 is 14.4 Å². The van der Waals surface area contributed by atoms with Crippen LogP contribution in [0, 0.1) is 0 Å². The van der Waals surface area contributed by atoms with Crippen molar-refractivity contribution in [2.24, 2.45) is 0 Å². The second kappa shape index (κ2) is 4.09. The number of hydrogen-bond donors (Lipinski definition) is 1. The third kappa shape index (κ3) is 2.05. The number of hydrogen-bond acceptors (Lipinski definition) is 6. The Balaban J connectivity index is 2.11. The monoisotopic (exact) mass is 223 g/mol. The fraction of sp³-hybridized carbons (Fsp3) is 0.375. The van der Waals surface area contributed by atoms with E-state index in [0.717, 1.165) is 0 Å². The Morgan fingerprint density at radius 2 is 2.44 bits per heavy atom. The largest absolute Gasteiger partial charge is 0.476 e.